The van der Waals surface area contributed by atoms with E-state index in [9.17, 15) is 4.79 Å². The molecule has 3 nitrogen and oxygen atoms in total. The maximum absolute atomic E-state index is 11.7. The van der Waals surface area contributed by atoms with Gasteiger partial charge in [-0.2, -0.15) is 0 Å². The molecule has 0 aliphatic carbocycles. The highest BCUT2D eigenvalue weighted by molar-refractivity contribution is 5.73. The van der Waals surface area contributed by atoms with Crippen LogP contribution >= 0.6 is 0 Å². The van der Waals surface area contributed by atoms with Crippen molar-refractivity contribution in [3.05, 3.63) is 0 Å². The molecule has 0 amide bonds. The number of carbonyl (C=O) groups is 1. The molecule has 0 N–H and O–H groups in total. The lowest BCUT2D eigenvalue weighted by atomic mass is 10.0. The predicted molar refractivity (Wildman–Crippen MR) is 56.5 cm³/mol. The molecule has 2 heterocycles. The van der Waals surface area contributed by atoms with Crippen molar-refractivity contribution in [3.63, 3.8) is 0 Å². The first-order valence-electron chi connectivity index (χ1n) is 6.06. The van der Waals surface area contributed by atoms with Crippen LogP contribution in [0.2, 0.25) is 0 Å². The number of hydrogen-bond donors (Lipinski definition) is 0. The van der Waals surface area contributed by atoms with Gasteiger partial charge in [0.25, 0.3) is 0 Å². The van der Waals surface area contributed by atoms with E-state index in [4.69, 9.17) is 9.47 Å². The molecule has 0 aromatic carbocycles. The highest BCUT2D eigenvalue weighted by Gasteiger charge is 2.38. The van der Waals surface area contributed by atoms with E-state index in [0.717, 1.165) is 32.1 Å². The molecule has 0 aromatic rings. The van der Waals surface area contributed by atoms with Gasteiger partial charge in [-0.25, -0.2) is 0 Å². The molecule has 0 unspecified atom stereocenters. The molecule has 2 rings (SSSR count). The van der Waals surface area contributed by atoms with E-state index in [1.54, 1.807) is 0 Å². The van der Waals surface area contributed by atoms with Gasteiger partial charge in [-0.15, -0.1) is 0 Å². The number of carbonyl (C=O) groups excluding carboxylic acids is 1. The van der Waals surface area contributed by atoms with Crippen LogP contribution in [0.3, 0.4) is 0 Å². The van der Waals surface area contributed by atoms with Gasteiger partial charge in [-0.1, -0.05) is 13.3 Å². The lowest BCUT2D eigenvalue weighted by Crippen LogP contribution is -2.35. The normalized spacial score (nSPS) is 40.8. The van der Waals surface area contributed by atoms with Crippen LogP contribution in [0.15, 0.2) is 0 Å². The summed E-state index contributed by atoms with van der Waals surface area (Å²) in [5, 5.41) is 0. The zero-order valence-corrected chi connectivity index (χ0v) is 9.57. The summed E-state index contributed by atoms with van der Waals surface area (Å²) < 4.78 is 11.4. The van der Waals surface area contributed by atoms with Crippen LogP contribution in [0.5, 0.6) is 0 Å². The maximum Gasteiger partial charge on any atom is 0.311 e. The molecule has 0 spiro atoms. The number of esters is 1. The minimum atomic E-state index is -0.0883. The molecule has 2 bridgehead atoms. The molecule has 2 aliphatic rings. The molecule has 4 atom stereocenters. The quantitative estimate of drug-likeness (QED) is 0.659. The standard InChI is InChI=1S/C12H20O3/c1-3-4-9-7-10-5-6-11(14-10)8(2)12(13)15-9/h8-11H,3-7H2,1-2H3/t8-,9-,10-,11+/m0/s1. The van der Waals surface area contributed by atoms with Gasteiger partial charge >= 0.3 is 5.97 Å². The van der Waals surface area contributed by atoms with Gasteiger partial charge in [0.05, 0.1) is 18.1 Å². The second-order valence-corrected chi connectivity index (χ2v) is 4.75. The van der Waals surface area contributed by atoms with Gasteiger partial charge in [0.15, 0.2) is 0 Å². The Labute approximate surface area is 91.1 Å². The van der Waals surface area contributed by atoms with Gasteiger partial charge in [0.1, 0.15) is 6.10 Å². The van der Waals surface area contributed by atoms with Crippen LogP contribution in [0.1, 0.15) is 46.0 Å². The third-order valence-electron chi connectivity index (χ3n) is 3.49. The Bertz CT molecular complexity index is 239. The number of rotatable bonds is 2. The minimum absolute atomic E-state index is 0.0706. The molecule has 0 radical (unpaired) electrons. The van der Waals surface area contributed by atoms with Crippen molar-refractivity contribution in [1.29, 1.82) is 0 Å². The molecule has 2 fully saturated rings. The highest BCUT2D eigenvalue weighted by atomic mass is 16.6. The molecule has 3 heteroatoms. The molecule has 0 aromatic heterocycles. The highest BCUT2D eigenvalue weighted by Crippen LogP contribution is 2.32. The van der Waals surface area contributed by atoms with E-state index in [0.29, 0.717) is 6.10 Å². The van der Waals surface area contributed by atoms with E-state index in [2.05, 4.69) is 6.92 Å². The average molecular weight is 212 g/mol. The van der Waals surface area contributed by atoms with Crippen LogP contribution in [0.4, 0.5) is 0 Å². The minimum Gasteiger partial charge on any atom is -0.462 e. The first-order chi connectivity index (χ1) is 7.20. The Kier molecular flexibility index (Phi) is 3.29. The van der Waals surface area contributed by atoms with E-state index in [-0.39, 0.29) is 24.1 Å². The fraction of sp³-hybridized carbons (Fsp3) is 0.917. The molecule has 15 heavy (non-hydrogen) atoms. The van der Waals surface area contributed by atoms with Crippen molar-refractivity contribution in [1.82, 2.24) is 0 Å². The predicted octanol–water partition coefficient (Wildman–Crippen LogP) is 2.29. The Hall–Kier alpha value is -0.570. The molecule has 2 saturated heterocycles. The summed E-state index contributed by atoms with van der Waals surface area (Å²) in [6.45, 7) is 4.04. The molecule has 2 aliphatic heterocycles. The van der Waals surface area contributed by atoms with E-state index < -0.39 is 0 Å². The van der Waals surface area contributed by atoms with E-state index in [1.807, 2.05) is 6.92 Å². The summed E-state index contributed by atoms with van der Waals surface area (Å²) >= 11 is 0. The summed E-state index contributed by atoms with van der Waals surface area (Å²) in [5.74, 6) is -0.159. The van der Waals surface area contributed by atoms with Crippen LogP contribution in [0.25, 0.3) is 0 Å². The van der Waals surface area contributed by atoms with Gasteiger partial charge in [0.2, 0.25) is 0 Å². The maximum atomic E-state index is 11.7. The molecule has 86 valence electrons. The van der Waals surface area contributed by atoms with Crippen molar-refractivity contribution in [2.45, 2.75) is 64.3 Å². The smallest absolute Gasteiger partial charge is 0.311 e. The zero-order chi connectivity index (χ0) is 10.8. The van der Waals surface area contributed by atoms with Gasteiger partial charge in [-0.3, -0.25) is 4.79 Å². The van der Waals surface area contributed by atoms with Crippen molar-refractivity contribution < 1.29 is 14.3 Å². The second kappa shape index (κ2) is 4.52. The third kappa shape index (κ3) is 2.33. The largest absolute Gasteiger partial charge is 0.462 e. The van der Waals surface area contributed by atoms with Crippen molar-refractivity contribution in [2.75, 3.05) is 0 Å². The number of cyclic esters (lactones) is 1. The number of fused-ring (bicyclic) bond motifs is 2. The second-order valence-electron chi connectivity index (χ2n) is 4.75. The lowest BCUT2D eigenvalue weighted by Gasteiger charge is -2.28. The zero-order valence-electron chi connectivity index (χ0n) is 9.57. The Morgan fingerprint density at radius 3 is 2.93 bits per heavy atom. The van der Waals surface area contributed by atoms with Crippen molar-refractivity contribution in [2.24, 2.45) is 5.92 Å². The summed E-state index contributed by atoms with van der Waals surface area (Å²) in [7, 11) is 0. The Morgan fingerprint density at radius 1 is 1.40 bits per heavy atom. The van der Waals surface area contributed by atoms with E-state index >= 15 is 0 Å². The Balaban J connectivity index is 2.05. The Morgan fingerprint density at radius 2 is 2.20 bits per heavy atom. The fourth-order valence-electron chi connectivity index (χ4n) is 2.54. The summed E-state index contributed by atoms with van der Waals surface area (Å²) in [6, 6.07) is 0. The summed E-state index contributed by atoms with van der Waals surface area (Å²) in [6.07, 6.45) is 5.51. The van der Waals surface area contributed by atoms with Gasteiger partial charge < -0.3 is 9.47 Å². The monoisotopic (exact) mass is 212 g/mol. The topological polar surface area (TPSA) is 35.5 Å². The number of ether oxygens (including phenoxy) is 2. The first-order valence-corrected chi connectivity index (χ1v) is 6.06. The van der Waals surface area contributed by atoms with Gasteiger partial charge in [-0.05, 0) is 26.2 Å². The SMILES string of the molecule is CCC[C@H]1C[C@@H]2CC[C@@H](O2)[C@H](C)C(=O)O1. The molecule has 0 saturated carbocycles. The number of hydrogen-bond acceptors (Lipinski definition) is 3. The lowest BCUT2D eigenvalue weighted by molar-refractivity contribution is -0.166. The average Bonchev–Trinajstić information content (AvgIpc) is 2.65. The van der Waals surface area contributed by atoms with Crippen molar-refractivity contribution in [3.8, 4) is 0 Å². The fourth-order valence-corrected chi connectivity index (χ4v) is 2.54. The van der Waals surface area contributed by atoms with Crippen LogP contribution < -0.4 is 0 Å². The molecular formula is C12H20O3. The van der Waals surface area contributed by atoms with Crippen LogP contribution in [0, 0.1) is 5.92 Å². The van der Waals surface area contributed by atoms with Crippen LogP contribution in [-0.2, 0) is 14.3 Å². The van der Waals surface area contributed by atoms with Crippen LogP contribution in [-0.4, -0.2) is 24.3 Å². The molecular weight excluding hydrogens is 192 g/mol. The van der Waals surface area contributed by atoms with E-state index in [1.165, 1.54) is 0 Å². The van der Waals surface area contributed by atoms with Gasteiger partial charge in [0, 0.05) is 6.42 Å². The van der Waals surface area contributed by atoms with Crippen molar-refractivity contribution >= 4 is 5.97 Å². The first kappa shape index (κ1) is 10.9. The third-order valence-corrected chi connectivity index (χ3v) is 3.49. The summed E-state index contributed by atoms with van der Waals surface area (Å²) in [5.41, 5.74) is 0. The summed E-state index contributed by atoms with van der Waals surface area (Å²) in [4.78, 5) is 11.7.